The van der Waals surface area contributed by atoms with E-state index < -0.39 is 0 Å². The first-order valence-corrected chi connectivity index (χ1v) is 5.52. The zero-order valence-electron chi connectivity index (χ0n) is 9.16. The molecule has 0 aliphatic rings. The summed E-state index contributed by atoms with van der Waals surface area (Å²) in [6.45, 7) is 9.02. The van der Waals surface area contributed by atoms with E-state index in [1.165, 1.54) is 0 Å². The quantitative estimate of drug-likeness (QED) is 0.802. The SMILES string of the molecule is Cc1nnc(NC(CN)C(C)(C)C)s1. The van der Waals surface area contributed by atoms with Gasteiger partial charge in [-0.3, -0.25) is 0 Å². The Balaban J connectivity index is 2.66. The lowest BCUT2D eigenvalue weighted by molar-refractivity contribution is 0.345. The molecule has 1 aromatic rings. The first kappa shape index (κ1) is 11.4. The molecule has 4 nitrogen and oxygen atoms in total. The Hall–Kier alpha value is -0.680. The van der Waals surface area contributed by atoms with Crippen LogP contribution in [0.4, 0.5) is 5.13 Å². The van der Waals surface area contributed by atoms with E-state index in [1.54, 1.807) is 11.3 Å². The Kier molecular flexibility index (Phi) is 3.44. The van der Waals surface area contributed by atoms with Crippen molar-refractivity contribution in [3.63, 3.8) is 0 Å². The monoisotopic (exact) mass is 214 g/mol. The second-order valence-electron chi connectivity index (χ2n) is 4.42. The van der Waals surface area contributed by atoms with Gasteiger partial charge in [0.2, 0.25) is 5.13 Å². The van der Waals surface area contributed by atoms with Gasteiger partial charge in [-0.2, -0.15) is 0 Å². The molecule has 0 spiro atoms. The van der Waals surface area contributed by atoms with E-state index in [0.717, 1.165) is 10.1 Å². The number of rotatable bonds is 3. The maximum Gasteiger partial charge on any atom is 0.205 e. The number of aryl methyl sites for hydroxylation is 1. The maximum atomic E-state index is 5.71. The summed E-state index contributed by atoms with van der Waals surface area (Å²) in [4.78, 5) is 0. The largest absolute Gasteiger partial charge is 0.356 e. The van der Waals surface area contributed by atoms with E-state index in [0.29, 0.717) is 6.54 Å². The first-order chi connectivity index (χ1) is 6.43. The molecule has 14 heavy (non-hydrogen) atoms. The molecule has 5 heteroatoms. The van der Waals surface area contributed by atoms with Crippen molar-refractivity contribution >= 4 is 16.5 Å². The van der Waals surface area contributed by atoms with Crippen LogP contribution in [0.25, 0.3) is 0 Å². The van der Waals surface area contributed by atoms with Crippen molar-refractivity contribution in [3.05, 3.63) is 5.01 Å². The third kappa shape index (κ3) is 2.92. The third-order valence-electron chi connectivity index (χ3n) is 2.10. The highest BCUT2D eigenvalue weighted by molar-refractivity contribution is 7.15. The lowest BCUT2D eigenvalue weighted by Crippen LogP contribution is -2.40. The highest BCUT2D eigenvalue weighted by atomic mass is 32.1. The molecule has 1 aromatic heterocycles. The number of hydrogen-bond donors (Lipinski definition) is 2. The molecule has 0 aliphatic heterocycles. The van der Waals surface area contributed by atoms with Crippen LogP contribution in [-0.2, 0) is 0 Å². The fourth-order valence-corrected chi connectivity index (χ4v) is 1.78. The van der Waals surface area contributed by atoms with Gasteiger partial charge in [0.05, 0.1) is 0 Å². The number of hydrogen-bond acceptors (Lipinski definition) is 5. The van der Waals surface area contributed by atoms with Gasteiger partial charge in [0, 0.05) is 12.6 Å². The molecule has 80 valence electrons. The van der Waals surface area contributed by atoms with Crippen LogP contribution in [0.2, 0.25) is 0 Å². The summed E-state index contributed by atoms with van der Waals surface area (Å²) >= 11 is 1.56. The number of anilines is 1. The molecule has 1 unspecified atom stereocenters. The van der Waals surface area contributed by atoms with Crippen LogP contribution in [0.3, 0.4) is 0 Å². The molecule has 0 fully saturated rings. The molecule has 1 atom stereocenters. The average Bonchev–Trinajstić information content (AvgIpc) is 2.45. The number of nitrogens with zero attached hydrogens (tertiary/aromatic N) is 2. The summed E-state index contributed by atoms with van der Waals surface area (Å²) in [7, 11) is 0. The zero-order chi connectivity index (χ0) is 10.8. The van der Waals surface area contributed by atoms with Gasteiger partial charge in [-0.1, -0.05) is 32.1 Å². The van der Waals surface area contributed by atoms with Crippen LogP contribution in [-0.4, -0.2) is 22.8 Å². The molecule has 1 rings (SSSR count). The molecule has 0 amide bonds. The number of nitrogens with one attached hydrogen (secondary N) is 1. The summed E-state index contributed by atoms with van der Waals surface area (Å²) in [6, 6.07) is 0.231. The summed E-state index contributed by atoms with van der Waals surface area (Å²) in [5, 5.41) is 13.1. The molecular weight excluding hydrogens is 196 g/mol. The van der Waals surface area contributed by atoms with Crippen molar-refractivity contribution in [2.45, 2.75) is 33.7 Å². The van der Waals surface area contributed by atoms with Crippen molar-refractivity contribution < 1.29 is 0 Å². The van der Waals surface area contributed by atoms with E-state index in [-0.39, 0.29) is 11.5 Å². The van der Waals surface area contributed by atoms with Gasteiger partial charge in [-0.05, 0) is 12.3 Å². The molecule has 0 saturated heterocycles. The Bertz CT molecular complexity index is 289. The lowest BCUT2D eigenvalue weighted by atomic mass is 9.87. The topological polar surface area (TPSA) is 63.8 Å². The second-order valence-corrected chi connectivity index (χ2v) is 5.61. The number of nitrogens with two attached hydrogens (primary N) is 1. The van der Waals surface area contributed by atoms with Crippen molar-refractivity contribution in [1.29, 1.82) is 0 Å². The van der Waals surface area contributed by atoms with Crippen LogP contribution in [0.15, 0.2) is 0 Å². The minimum Gasteiger partial charge on any atom is -0.356 e. The van der Waals surface area contributed by atoms with Crippen molar-refractivity contribution in [1.82, 2.24) is 10.2 Å². The molecule has 3 N–H and O–H groups in total. The van der Waals surface area contributed by atoms with Gasteiger partial charge in [0.25, 0.3) is 0 Å². The van der Waals surface area contributed by atoms with E-state index >= 15 is 0 Å². The van der Waals surface area contributed by atoms with Crippen LogP contribution >= 0.6 is 11.3 Å². The van der Waals surface area contributed by atoms with E-state index in [9.17, 15) is 0 Å². The van der Waals surface area contributed by atoms with Gasteiger partial charge >= 0.3 is 0 Å². The Morgan fingerprint density at radius 1 is 1.43 bits per heavy atom. The van der Waals surface area contributed by atoms with Crippen LogP contribution < -0.4 is 11.1 Å². The fourth-order valence-electron chi connectivity index (χ4n) is 1.13. The smallest absolute Gasteiger partial charge is 0.205 e. The van der Waals surface area contributed by atoms with Gasteiger partial charge in [-0.25, -0.2) is 0 Å². The van der Waals surface area contributed by atoms with Gasteiger partial charge in [0.15, 0.2) is 0 Å². The van der Waals surface area contributed by atoms with E-state index in [4.69, 9.17) is 5.73 Å². The molecule has 0 bridgehead atoms. The molecule has 0 radical (unpaired) electrons. The summed E-state index contributed by atoms with van der Waals surface area (Å²) in [6.07, 6.45) is 0. The van der Waals surface area contributed by atoms with Crippen molar-refractivity contribution in [3.8, 4) is 0 Å². The molecule has 0 aliphatic carbocycles. The molecule has 0 saturated carbocycles. The third-order valence-corrected chi connectivity index (χ3v) is 2.87. The second kappa shape index (κ2) is 4.23. The van der Waals surface area contributed by atoms with Gasteiger partial charge in [0.1, 0.15) is 5.01 Å². The number of aromatic nitrogens is 2. The highest BCUT2D eigenvalue weighted by Crippen LogP contribution is 2.23. The minimum absolute atomic E-state index is 0.133. The predicted molar refractivity (Wildman–Crippen MR) is 60.6 cm³/mol. The van der Waals surface area contributed by atoms with E-state index in [1.807, 2.05) is 6.92 Å². The maximum absolute atomic E-state index is 5.71. The first-order valence-electron chi connectivity index (χ1n) is 4.70. The van der Waals surface area contributed by atoms with Gasteiger partial charge in [-0.15, -0.1) is 10.2 Å². The fraction of sp³-hybridized carbons (Fsp3) is 0.778. The highest BCUT2D eigenvalue weighted by Gasteiger charge is 2.23. The standard InChI is InChI=1S/C9H18N4S/c1-6-12-13-8(14-6)11-7(5-10)9(2,3)4/h7H,5,10H2,1-4H3,(H,11,13). The Morgan fingerprint density at radius 2 is 2.07 bits per heavy atom. The van der Waals surface area contributed by atoms with E-state index in [2.05, 4.69) is 36.3 Å². The normalized spacial score (nSPS) is 14.1. The average molecular weight is 214 g/mol. The molecule has 1 heterocycles. The minimum atomic E-state index is 0.133. The van der Waals surface area contributed by atoms with Gasteiger partial charge < -0.3 is 11.1 Å². The molecular formula is C9H18N4S. The van der Waals surface area contributed by atoms with Crippen LogP contribution in [0, 0.1) is 12.3 Å². The van der Waals surface area contributed by atoms with Crippen LogP contribution in [0.1, 0.15) is 25.8 Å². The Morgan fingerprint density at radius 3 is 2.43 bits per heavy atom. The summed E-state index contributed by atoms with van der Waals surface area (Å²) in [5.74, 6) is 0. The summed E-state index contributed by atoms with van der Waals surface area (Å²) in [5.41, 5.74) is 5.84. The Labute approximate surface area is 88.9 Å². The lowest BCUT2D eigenvalue weighted by Gasteiger charge is -2.29. The summed E-state index contributed by atoms with van der Waals surface area (Å²) < 4.78 is 0. The van der Waals surface area contributed by atoms with Crippen LogP contribution in [0.5, 0.6) is 0 Å². The predicted octanol–water partition coefficient (Wildman–Crippen LogP) is 1.63. The van der Waals surface area contributed by atoms with Crippen molar-refractivity contribution in [2.24, 2.45) is 11.1 Å². The zero-order valence-corrected chi connectivity index (χ0v) is 9.98. The molecule has 0 aromatic carbocycles. The van der Waals surface area contributed by atoms with Crippen molar-refractivity contribution in [2.75, 3.05) is 11.9 Å².